The van der Waals surface area contributed by atoms with Crippen molar-refractivity contribution in [2.45, 2.75) is 18.9 Å². The van der Waals surface area contributed by atoms with E-state index in [0.29, 0.717) is 30.7 Å². The maximum absolute atomic E-state index is 13.5. The first-order valence-electron chi connectivity index (χ1n) is 10.1. The van der Waals surface area contributed by atoms with E-state index in [4.69, 9.17) is 0 Å². The average molecular weight is 420 g/mol. The minimum Gasteiger partial charge on any atom is -0.338 e. The van der Waals surface area contributed by atoms with Crippen molar-refractivity contribution in [2.75, 3.05) is 13.1 Å². The molecule has 2 aliphatic heterocycles. The fourth-order valence-electron chi connectivity index (χ4n) is 5.00. The van der Waals surface area contributed by atoms with E-state index in [1.807, 2.05) is 24.3 Å². The summed E-state index contributed by atoms with van der Waals surface area (Å²) in [6, 6.07) is 11.6. The summed E-state index contributed by atoms with van der Waals surface area (Å²) in [6.45, 7) is 1.18. The van der Waals surface area contributed by atoms with E-state index in [-0.39, 0.29) is 23.3 Å². The van der Waals surface area contributed by atoms with Crippen molar-refractivity contribution in [3.8, 4) is 0 Å². The van der Waals surface area contributed by atoms with Crippen LogP contribution in [0.25, 0.3) is 10.9 Å². The molecule has 4 heterocycles. The molecule has 0 aliphatic carbocycles. The van der Waals surface area contributed by atoms with Gasteiger partial charge in [-0.2, -0.15) is 0 Å². The Morgan fingerprint density at radius 2 is 1.87 bits per heavy atom. The van der Waals surface area contributed by atoms with Crippen molar-refractivity contribution in [1.82, 2.24) is 14.0 Å². The zero-order chi connectivity index (χ0) is 21.9. The molecule has 1 saturated heterocycles. The van der Waals surface area contributed by atoms with Gasteiger partial charge in [0.05, 0.1) is 16.0 Å². The van der Waals surface area contributed by atoms with Gasteiger partial charge < -0.3 is 14.0 Å². The number of nitrogens with zero attached hydrogens (tertiary/aromatic N) is 4. The van der Waals surface area contributed by atoms with Crippen LogP contribution in [0, 0.1) is 16.0 Å². The Labute approximate surface area is 176 Å². The molecule has 2 unspecified atom stereocenters. The number of nitro groups is 1. The van der Waals surface area contributed by atoms with Crippen molar-refractivity contribution in [1.29, 1.82) is 0 Å². The molecule has 9 nitrogen and oxygen atoms in total. The third kappa shape index (κ3) is 2.96. The maximum atomic E-state index is 13.5. The van der Waals surface area contributed by atoms with Gasteiger partial charge in [0.1, 0.15) is 0 Å². The van der Waals surface area contributed by atoms with Crippen molar-refractivity contribution in [2.24, 2.45) is 13.0 Å². The molecule has 158 valence electrons. The largest absolute Gasteiger partial charge is 0.338 e. The molecule has 0 spiro atoms. The Hall–Kier alpha value is -3.75. The highest BCUT2D eigenvalue weighted by Gasteiger charge is 2.38. The molecule has 2 aliphatic rings. The summed E-state index contributed by atoms with van der Waals surface area (Å²) in [5.41, 5.74) is 0.527. The highest BCUT2D eigenvalue weighted by atomic mass is 16.6. The number of rotatable bonds is 2. The van der Waals surface area contributed by atoms with Gasteiger partial charge in [-0.1, -0.05) is 18.2 Å². The second-order valence-electron chi connectivity index (χ2n) is 8.30. The molecular formula is C22H20N4O5. The van der Waals surface area contributed by atoms with E-state index in [1.54, 1.807) is 18.0 Å². The summed E-state index contributed by atoms with van der Waals surface area (Å²) in [4.78, 5) is 50.6. The van der Waals surface area contributed by atoms with Crippen LogP contribution in [0.3, 0.4) is 0 Å². The van der Waals surface area contributed by atoms with Gasteiger partial charge in [-0.15, -0.1) is 0 Å². The first-order chi connectivity index (χ1) is 14.8. The smallest absolute Gasteiger partial charge is 0.334 e. The first kappa shape index (κ1) is 19.2. The molecule has 0 N–H and O–H groups in total. The van der Waals surface area contributed by atoms with Crippen molar-refractivity contribution in [3.05, 3.63) is 84.5 Å². The molecule has 2 aromatic heterocycles. The summed E-state index contributed by atoms with van der Waals surface area (Å²) >= 11 is 0. The van der Waals surface area contributed by atoms with Gasteiger partial charge in [-0.25, -0.2) is 0 Å². The summed E-state index contributed by atoms with van der Waals surface area (Å²) in [6.07, 6.45) is 0.818. The highest BCUT2D eigenvalue weighted by molar-refractivity contribution is 6.06. The van der Waals surface area contributed by atoms with Gasteiger partial charge in [0.2, 0.25) is 0 Å². The Morgan fingerprint density at radius 1 is 1.10 bits per heavy atom. The van der Waals surface area contributed by atoms with Crippen LogP contribution in [-0.2, 0) is 13.6 Å². The minimum absolute atomic E-state index is 0.0210. The van der Waals surface area contributed by atoms with Gasteiger partial charge in [0.15, 0.2) is 0 Å². The standard InChI is InChI=1S/C22H20N4O5/c1-23-18-5-3-2-4-15(18)16(9-20(23)27)21(28)24-10-13-8-14(12-24)17-6-7-19(26(30)31)22(29)25(17)11-13/h2-7,9,13-14H,8,10-12H2,1H3. The van der Waals surface area contributed by atoms with Crippen LogP contribution < -0.4 is 11.1 Å². The summed E-state index contributed by atoms with van der Waals surface area (Å²) in [7, 11) is 1.68. The summed E-state index contributed by atoms with van der Waals surface area (Å²) < 4.78 is 3.01. The van der Waals surface area contributed by atoms with Crippen LogP contribution >= 0.6 is 0 Å². The molecule has 1 fully saturated rings. The van der Waals surface area contributed by atoms with Gasteiger partial charge >= 0.3 is 11.2 Å². The Kier molecular flexibility index (Phi) is 4.28. The van der Waals surface area contributed by atoms with E-state index in [1.165, 1.54) is 21.3 Å². The molecule has 5 rings (SSSR count). The minimum atomic E-state index is -0.656. The van der Waals surface area contributed by atoms with Crippen molar-refractivity contribution in [3.63, 3.8) is 0 Å². The second kappa shape index (κ2) is 6.90. The Balaban J connectivity index is 1.53. The van der Waals surface area contributed by atoms with E-state index < -0.39 is 16.2 Å². The van der Waals surface area contributed by atoms with Crippen LogP contribution in [-0.4, -0.2) is 38.0 Å². The molecule has 9 heteroatoms. The van der Waals surface area contributed by atoms with Gasteiger partial charge in [0.25, 0.3) is 11.5 Å². The lowest BCUT2D eigenvalue weighted by Crippen LogP contribution is -2.49. The molecule has 0 radical (unpaired) electrons. The number of benzene rings is 1. The Bertz CT molecular complexity index is 1370. The number of carbonyl (C=O) groups excluding carboxylic acids is 1. The number of likely N-dealkylation sites (tertiary alicyclic amines) is 1. The van der Waals surface area contributed by atoms with Crippen LogP contribution in [0.4, 0.5) is 5.69 Å². The van der Waals surface area contributed by atoms with E-state index in [9.17, 15) is 24.5 Å². The third-order valence-electron chi connectivity index (χ3n) is 6.45. The second-order valence-corrected chi connectivity index (χ2v) is 8.30. The lowest BCUT2D eigenvalue weighted by Gasteiger charge is -2.42. The number of hydrogen-bond donors (Lipinski definition) is 0. The predicted molar refractivity (Wildman–Crippen MR) is 113 cm³/mol. The quantitative estimate of drug-likeness (QED) is 0.465. The summed E-state index contributed by atoms with van der Waals surface area (Å²) in [5, 5.41) is 11.8. The average Bonchev–Trinajstić information content (AvgIpc) is 2.76. The normalized spacial score (nSPS) is 19.8. The number of aryl methyl sites for hydroxylation is 1. The monoisotopic (exact) mass is 420 g/mol. The molecule has 2 atom stereocenters. The maximum Gasteiger partial charge on any atom is 0.334 e. The van der Waals surface area contributed by atoms with Crippen LogP contribution in [0.2, 0.25) is 0 Å². The number of aromatic nitrogens is 2. The van der Waals surface area contributed by atoms with E-state index >= 15 is 0 Å². The Morgan fingerprint density at radius 3 is 2.65 bits per heavy atom. The van der Waals surface area contributed by atoms with Crippen LogP contribution in [0.1, 0.15) is 28.4 Å². The number of hydrogen-bond acceptors (Lipinski definition) is 5. The number of fused-ring (bicyclic) bond motifs is 5. The van der Waals surface area contributed by atoms with Crippen LogP contribution in [0.5, 0.6) is 0 Å². The van der Waals surface area contributed by atoms with Crippen LogP contribution in [0.15, 0.2) is 52.1 Å². The fourth-order valence-corrected chi connectivity index (χ4v) is 5.00. The number of piperidine rings is 1. The SMILES string of the molecule is Cn1c(=O)cc(C(=O)N2CC3CC(C2)c2ccc([N+](=O)[O-])c(=O)n2C3)c2ccccc21. The lowest BCUT2D eigenvalue weighted by molar-refractivity contribution is -0.386. The van der Waals surface area contributed by atoms with Gasteiger partial charge in [-0.3, -0.25) is 24.5 Å². The predicted octanol–water partition coefficient (Wildman–Crippen LogP) is 1.87. The fraction of sp³-hybridized carbons (Fsp3) is 0.318. The molecule has 3 aromatic rings. The number of para-hydroxylation sites is 1. The number of amides is 1. The lowest BCUT2D eigenvalue weighted by atomic mass is 9.82. The first-order valence-corrected chi connectivity index (χ1v) is 10.1. The molecule has 0 saturated carbocycles. The highest BCUT2D eigenvalue weighted by Crippen LogP contribution is 2.36. The number of pyridine rings is 2. The molecule has 2 bridgehead atoms. The zero-order valence-corrected chi connectivity index (χ0v) is 16.9. The molecule has 31 heavy (non-hydrogen) atoms. The molecular weight excluding hydrogens is 400 g/mol. The molecule has 1 amide bonds. The van der Waals surface area contributed by atoms with Crippen molar-refractivity contribution >= 4 is 22.5 Å². The van der Waals surface area contributed by atoms with Crippen molar-refractivity contribution < 1.29 is 9.72 Å². The zero-order valence-electron chi connectivity index (χ0n) is 16.9. The summed E-state index contributed by atoms with van der Waals surface area (Å²) in [5.74, 6) is -0.267. The van der Waals surface area contributed by atoms with Gasteiger partial charge in [0, 0.05) is 55.8 Å². The van der Waals surface area contributed by atoms with E-state index in [2.05, 4.69) is 0 Å². The topological polar surface area (TPSA) is 107 Å². The molecule has 1 aromatic carbocycles. The third-order valence-corrected chi connectivity index (χ3v) is 6.45. The van der Waals surface area contributed by atoms with E-state index in [0.717, 1.165) is 17.5 Å². The van der Waals surface area contributed by atoms with Gasteiger partial charge in [-0.05, 0) is 24.5 Å². The number of carbonyl (C=O) groups is 1.